The monoisotopic (exact) mass is 278 g/mol. The van der Waals surface area contributed by atoms with Gasteiger partial charge in [-0.3, -0.25) is 4.79 Å². The van der Waals surface area contributed by atoms with Gasteiger partial charge < -0.3 is 10.2 Å². The third-order valence-electron chi connectivity index (χ3n) is 3.05. The van der Waals surface area contributed by atoms with Crippen LogP contribution < -0.4 is 5.32 Å². The summed E-state index contributed by atoms with van der Waals surface area (Å²) in [6.45, 7) is 6.46. The molecule has 6 heteroatoms. The SMILES string of the molecule is CCCNC(CC)C(C)S(=O)(=O)CC(=O)N(C)C. The first kappa shape index (κ1) is 17.4. The fourth-order valence-electron chi connectivity index (χ4n) is 1.65. The van der Waals surface area contributed by atoms with Crippen LogP contribution in [0.15, 0.2) is 0 Å². The summed E-state index contributed by atoms with van der Waals surface area (Å²) in [5, 5.41) is 2.68. The lowest BCUT2D eigenvalue weighted by Gasteiger charge is -2.24. The van der Waals surface area contributed by atoms with Crippen molar-refractivity contribution < 1.29 is 13.2 Å². The van der Waals surface area contributed by atoms with Gasteiger partial charge in [0.05, 0.1) is 5.25 Å². The van der Waals surface area contributed by atoms with E-state index in [-0.39, 0.29) is 11.9 Å². The number of hydrogen-bond acceptors (Lipinski definition) is 4. The van der Waals surface area contributed by atoms with Crippen molar-refractivity contribution >= 4 is 15.7 Å². The molecule has 5 nitrogen and oxygen atoms in total. The van der Waals surface area contributed by atoms with E-state index in [9.17, 15) is 13.2 Å². The Labute approximate surface area is 111 Å². The van der Waals surface area contributed by atoms with Gasteiger partial charge in [0.2, 0.25) is 5.91 Å². The normalized spacial score (nSPS) is 15.2. The molecule has 108 valence electrons. The molecular formula is C12H26N2O3S. The lowest BCUT2D eigenvalue weighted by Crippen LogP contribution is -2.45. The maximum Gasteiger partial charge on any atom is 0.237 e. The zero-order valence-corrected chi connectivity index (χ0v) is 12.9. The van der Waals surface area contributed by atoms with E-state index >= 15 is 0 Å². The molecule has 0 saturated carbocycles. The molecule has 2 unspecified atom stereocenters. The molecule has 18 heavy (non-hydrogen) atoms. The molecule has 1 amide bonds. The number of nitrogens with zero attached hydrogens (tertiary/aromatic N) is 1. The molecule has 0 aromatic heterocycles. The molecule has 1 N–H and O–H groups in total. The van der Waals surface area contributed by atoms with Crippen LogP contribution in [0.2, 0.25) is 0 Å². The van der Waals surface area contributed by atoms with E-state index in [1.165, 1.54) is 4.90 Å². The van der Waals surface area contributed by atoms with Gasteiger partial charge in [-0.05, 0) is 26.3 Å². The van der Waals surface area contributed by atoms with E-state index < -0.39 is 20.8 Å². The lowest BCUT2D eigenvalue weighted by molar-refractivity contribution is -0.125. The van der Waals surface area contributed by atoms with E-state index in [0.717, 1.165) is 19.4 Å². The highest BCUT2D eigenvalue weighted by molar-refractivity contribution is 7.92. The fraction of sp³-hybridized carbons (Fsp3) is 0.917. The third-order valence-corrected chi connectivity index (χ3v) is 5.16. The highest BCUT2D eigenvalue weighted by atomic mass is 32.2. The first-order chi connectivity index (χ1) is 8.26. The number of rotatable bonds is 8. The van der Waals surface area contributed by atoms with Crippen molar-refractivity contribution in [3.05, 3.63) is 0 Å². The molecule has 0 saturated heterocycles. The van der Waals surface area contributed by atoms with E-state index in [1.54, 1.807) is 21.0 Å². The Morgan fingerprint density at radius 1 is 1.28 bits per heavy atom. The third kappa shape index (κ3) is 5.35. The maximum absolute atomic E-state index is 12.1. The van der Waals surface area contributed by atoms with Crippen molar-refractivity contribution in [2.45, 2.75) is 44.9 Å². The van der Waals surface area contributed by atoms with Gasteiger partial charge in [0, 0.05) is 20.1 Å². The maximum atomic E-state index is 12.1. The average molecular weight is 278 g/mol. The molecule has 0 fully saturated rings. The quantitative estimate of drug-likeness (QED) is 0.708. The predicted octanol–water partition coefficient (Wildman–Crippen LogP) is 0.656. The van der Waals surface area contributed by atoms with Gasteiger partial charge in [0.25, 0.3) is 0 Å². The Morgan fingerprint density at radius 2 is 1.83 bits per heavy atom. The van der Waals surface area contributed by atoms with Gasteiger partial charge in [-0.25, -0.2) is 8.42 Å². The Kier molecular flexibility index (Phi) is 7.47. The van der Waals surface area contributed by atoms with Crippen molar-refractivity contribution in [1.82, 2.24) is 10.2 Å². The highest BCUT2D eigenvalue weighted by Gasteiger charge is 2.30. The Hall–Kier alpha value is -0.620. The van der Waals surface area contributed by atoms with Crippen molar-refractivity contribution in [3.8, 4) is 0 Å². The number of carbonyl (C=O) groups is 1. The van der Waals surface area contributed by atoms with Crippen LogP contribution in [-0.4, -0.2) is 56.9 Å². The van der Waals surface area contributed by atoms with Crippen LogP contribution >= 0.6 is 0 Å². The smallest absolute Gasteiger partial charge is 0.237 e. The summed E-state index contributed by atoms with van der Waals surface area (Å²) >= 11 is 0. The molecule has 0 radical (unpaired) electrons. The second-order valence-corrected chi connectivity index (χ2v) is 7.13. The van der Waals surface area contributed by atoms with Gasteiger partial charge in [-0.15, -0.1) is 0 Å². The zero-order valence-electron chi connectivity index (χ0n) is 12.1. The molecule has 0 aliphatic carbocycles. The van der Waals surface area contributed by atoms with Crippen molar-refractivity contribution in [2.24, 2.45) is 0 Å². The molecule has 0 aromatic carbocycles. The van der Waals surface area contributed by atoms with Crippen LogP contribution in [0.25, 0.3) is 0 Å². The summed E-state index contributed by atoms with van der Waals surface area (Å²) in [4.78, 5) is 12.8. The summed E-state index contributed by atoms with van der Waals surface area (Å²) in [6, 6.07) is -0.0927. The first-order valence-electron chi connectivity index (χ1n) is 6.41. The summed E-state index contributed by atoms with van der Waals surface area (Å²) < 4.78 is 24.2. The van der Waals surface area contributed by atoms with Crippen molar-refractivity contribution in [3.63, 3.8) is 0 Å². The van der Waals surface area contributed by atoms with E-state index in [0.29, 0.717) is 0 Å². The second kappa shape index (κ2) is 7.74. The Bertz CT molecular complexity index is 352. The largest absolute Gasteiger partial charge is 0.348 e. The van der Waals surface area contributed by atoms with Gasteiger partial charge in [0.15, 0.2) is 9.84 Å². The van der Waals surface area contributed by atoms with Crippen LogP contribution in [0.4, 0.5) is 0 Å². The van der Waals surface area contributed by atoms with Gasteiger partial charge in [0.1, 0.15) is 5.75 Å². The summed E-state index contributed by atoms with van der Waals surface area (Å²) in [7, 11) is -0.271. The zero-order chi connectivity index (χ0) is 14.3. The molecule has 0 spiro atoms. The summed E-state index contributed by atoms with van der Waals surface area (Å²) in [5.74, 6) is -0.780. The standard InChI is InChI=1S/C12H26N2O3S/c1-6-8-13-11(7-2)10(3)18(16,17)9-12(15)14(4)5/h10-11,13H,6-9H2,1-5H3. The van der Waals surface area contributed by atoms with Crippen molar-refractivity contribution in [1.29, 1.82) is 0 Å². The van der Waals surface area contributed by atoms with Gasteiger partial charge >= 0.3 is 0 Å². The fourth-order valence-corrected chi connectivity index (χ4v) is 3.31. The van der Waals surface area contributed by atoms with Crippen LogP contribution in [-0.2, 0) is 14.6 Å². The first-order valence-corrected chi connectivity index (χ1v) is 8.12. The highest BCUT2D eigenvalue weighted by Crippen LogP contribution is 2.11. The average Bonchev–Trinajstić information content (AvgIpc) is 2.29. The number of carbonyl (C=O) groups excluding carboxylic acids is 1. The van der Waals surface area contributed by atoms with Crippen LogP contribution in [0.3, 0.4) is 0 Å². The molecule has 0 bridgehead atoms. The molecule has 0 rings (SSSR count). The van der Waals surface area contributed by atoms with Crippen LogP contribution in [0.5, 0.6) is 0 Å². The number of hydrogen-bond donors (Lipinski definition) is 1. The molecule has 2 atom stereocenters. The molecular weight excluding hydrogens is 252 g/mol. The van der Waals surface area contributed by atoms with Crippen LogP contribution in [0.1, 0.15) is 33.6 Å². The summed E-state index contributed by atoms with van der Waals surface area (Å²) in [5.41, 5.74) is 0. The minimum absolute atomic E-state index is 0.0927. The van der Waals surface area contributed by atoms with Gasteiger partial charge in [-0.1, -0.05) is 13.8 Å². The van der Waals surface area contributed by atoms with Gasteiger partial charge in [-0.2, -0.15) is 0 Å². The lowest BCUT2D eigenvalue weighted by atomic mass is 10.1. The van der Waals surface area contributed by atoms with Crippen LogP contribution in [0, 0.1) is 0 Å². The minimum Gasteiger partial charge on any atom is -0.348 e. The molecule has 0 aliphatic rings. The molecule has 0 aliphatic heterocycles. The van der Waals surface area contributed by atoms with E-state index in [2.05, 4.69) is 5.32 Å². The summed E-state index contributed by atoms with van der Waals surface area (Å²) in [6.07, 6.45) is 1.69. The minimum atomic E-state index is -3.40. The Morgan fingerprint density at radius 3 is 2.22 bits per heavy atom. The number of nitrogens with one attached hydrogen (secondary N) is 1. The molecule has 0 aromatic rings. The topological polar surface area (TPSA) is 66.5 Å². The number of amides is 1. The van der Waals surface area contributed by atoms with E-state index in [1.807, 2.05) is 13.8 Å². The van der Waals surface area contributed by atoms with Crippen molar-refractivity contribution in [2.75, 3.05) is 26.4 Å². The Balaban J connectivity index is 4.71. The number of sulfone groups is 1. The second-order valence-electron chi connectivity index (χ2n) is 4.77. The van der Waals surface area contributed by atoms with E-state index in [4.69, 9.17) is 0 Å². The molecule has 0 heterocycles. The predicted molar refractivity (Wildman–Crippen MR) is 74.3 cm³/mol.